The number of hydrogen-bond acceptors (Lipinski definition) is 5. The molecule has 1 aliphatic rings. The largest absolute Gasteiger partial charge is 0.496 e. The third-order valence-corrected chi connectivity index (χ3v) is 5.21. The first kappa shape index (κ1) is 17.9. The van der Waals surface area contributed by atoms with Crippen LogP contribution in [0.3, 0.4) is 0 Å². The zero-order valence-electron chi connectivity index (χ0n) is 16.0. The molecule has 0 amide bonds. The Labute approximate surface area is 161 Å². The molecule has 0 saturated carbocycles. The van der Waals surface area contributed by atoms with Gasteiger partial charge in [0.25, 0.3) is 0 Å². The van der Waals surface area contributed by atoms with E-state index in [0.717, 1.165) is 5.57 Å². The number of ketones is 2. The number of fused-ring (bicyclic) bond motifs is 4. The minimum Gasteiger partial charge on any atom is -0.496 e. The van der Waals surface area contributed by atoms with E-state index in [0.29, 0.717) is 28.0 Å². The maximum Gasteiger partial charge on any atom is 0.202 e. The van der Waals surface area contributed by atoms with Gasteiger partial charge in [0.15, 0.2) is 16.8 Å². The van der Waals surface area contributed by atoms with Gasteiger partial charge in [0.2, 0.25) is 5.78 Å². The summed E-state index contributed by atoms with van der Waals surface area (Å²) in [6.45, 7) is 5.39. The number of methoxy groups -OCH3 is 1. The van der Waals surface area contributed by atoms with Crippen LogP contribution in [-0.4, -0.2) is 18.7 Å². The molecule has 140 valence electrons. The van der Waals surface area contributed by atoms with Gasteiger partial charge in [0, 0.05) is 17.2 Å². The van der Waals surface area contributed by atoms with Crippen LogP contribution in [0.5, 0.6) is 5.75 Å². The van der Waals surface area contributed by atoms with Crippen LogP contribution in [0, 0.1) is 6.92 Å². The van der Waals surface area contributed by atoms with E-state index in [9.17, 15) is 14.4 Å². The predicted molar refractivity (Wildman–Crippen MR) is 106 cm³/mol. The summed E-state index contributed by atoms with van der Waals surface area (Å²) in [5.41, 5.74) is 2.11. The number of allylic oxidation sites excluding steroid dienone is 2. The first-order valence-corrected chi connectivity index (χ1v) is 8.90. The molecule has 5 heteroatoms. The van der Waals surface area contributed by atoms with E-state index in [1.54, 1.807) is 31.2 Å². The third kappa shape index (κ3) is 2.36. The second-order valence-electron chi connectivity index (χ2n) is 6.81. The Hall–Kier alpha value is -3.47. The number of carbonyl (C=O) groups excluding carboxylic acids is 2. The smallest absolute Gasteiger partial charge is 0.202 e. The first-order chi connectivity index (χ1) is 13.4. The molecule has 0 bridgehead atoms. The van der Waals surface area contributed by atoms with Gasteiger partial charge in [0.05, 0.1) is 23.6 Å². The molecular formula is C23H18O5. The Morgan fingerprint density at radius 3 is 2.46 bits per heavy atom. The summed E-state index contributed by atoms with van der Waals surface area (Å²) in [6, 6.07) is 7.93. The normalized spacial score (nSPS) is 13.5. The highest BCUT2D eigenvalue weighted by molar-refractivity contribution is 6.32. The van der Waals surface area contributed by atoms with Gasteiger partial charge in [-0.3, -0.25) is 14.4 Å². The summed E-state index contributed by atoms with van der Waals surface area (Å²) in [4.78, 5) is 39.3. The van der Waals surface area contributed by atoms with Crippen LogP contribution >= 0.6 is 0 Å². The molecule has 1 heterocycles. The molecule has 3 aromatic rings. The highest BCUT2D eigenvalue weighted by Crippen LogP contribution is 2.37. The Balaban J connectivity index is 2.17. The topological polar surface area (TPSA) is 73.6 Å². The summed E-state index contributed by atoms with van der Waals surface area (Å²) in [6.07, 6.45) is 1.82. The lowest BCUT2D eigenvalue weighted by molar-refractivity contribution is 0.0977. The molecule has 4 rings (SSSR count). The molecule has 5 nitrogen and oxygen atoms in total. The van der Waals surface area contributed by atoms with E-state index in [-0.39, 0.29) is 39.3 Å². The lowest BCUT2D eigenvalue weighted by Gasteiger charge is -2.21. The number of hydrogen-bond donors (Lipinski definition) is 0. The fourth-order valence-corrected chi connectivity index (χ4v) is 3.66. The molecule has 0 fully saturated rings. The second-order valence-corrected chi connectivity index (χ2v) is 6.81. The third-order valence-electron chi connectivity index (χ3n) is 5.21. The minimum atomic E-state index is -0.384. The molecule has 0 atom stereocenters. The lowest BCUT2D eigenvalue weighted by Crippen LogP contribution is -2.23. The van der Waals surface area contributed by atoms with Crippen LogP contribution in [0.25, 0.3) is 16.5 Å². The van der Waals surface area contributed by atoms with Crippen molar-refractivity contribution in [1.29, 1.82) is 0 Å². The Kier molecular flexibility index (Phi) is 4.03. The monoisotopic (exact) mass is 374 g/mol. The molecule has 28 heavy (non-hydrogen) atoms. The fraction of sp³-hybridized carbons (Fsp3) is 0.174. The Morgan fingerprint density at radius 2 is 1.79 bits per heavy atom. The van der Waals surface area contributed by atoms with Crippen molar-refractivity contribution >= 4 is 28.1 Å². The van der Waals surface area contributed by atoms with Crippen molar-refractivity contribution in [1.82, 2.24) is 0 Å². The molecule has 0 aliphatic heterocycles. The van der Waals surface area contributed by atoms with Crippen molar-refractivity contribution in [2.45, 2.75) is 20.8 Å². The standard InChI is InChI=1S/C23H18O5/c1-5-11(2)17-10-15(24)18-12(3)9-14-20(23(18)28-17)22(26)19-13(21(14)25)7-6-8-16(19)27-4/h5-10H,1-4H3. The summed E-state index contributed by atoms with van der Waals surface area (Å²) in [7, 11) is 1.45. The predicted octanol–water partition coefficient (Wildman–Crippen LogP) is 4.31. The second kappa shape index (κ2) is 6.30. The molecule has 0 saturated heterocycles. The van der Waals surface area contributed by atoms with Crippen LogP contribution < -0.4 is 10.2 Å². The Morgan fingerprint density at radius 1 is 1.04 bits per heavy atom. The molecule has 0 unspecified atom stereocenters. The summed E-state index contributed by atoms with van der Waals surface area (Å²) in [5.74, 6) is 0.0204. The average Bonchev–Trinajstić information content (AvgIpc) is 2.69. The van der Waals surface area contributed by atoms with Gasteiger partial charge < -0.3 is 9.15 Å². The van der Waals surface area contributed by atoms with Crippen molar-refractivity contribution < 1.29 is 18.7 Å². The maximum absolute atomic E-state index is 13.4. The van der Waals surface area contributed by atoms with Crippen LogP contribution in [0.2, 0.25) is 0 Å². The SMILES string of the molecule is CC=C(C)c1cc(=O)c2c(C)cc3c(c2o1)C(=O)c1c(OC)cccc1C3=O. The van der Waals surface area contributed by atoms with E-state index in [1.807, 2.05) is 19.9 Å². The maximum atomic E-state index is 13.4. The first-order valence-electron chi connectivity index (χ1n) is 8.90. The van der Waals surface area contributed by atoms with E-state index < -0.39 is 0 Å². The summed E-state index contributed by atoms with van der Waals surface area (Å²) < 4.78 is 11.3. The minimum absolute atomic E-state index is 0.116. The van der Waals surface area contributed by atoms with Crippen LogP contribution in [-0.2, 0) is 0 Å². The number of rotatable bonds is 2. The highest BCUT2D eigenvalue weighted by atomic mass is 16.5. The number of benzene rings is 2. The van der Waals surface area contributed by atoms with Crippen LogP contribution in [0.1, 0.15) is 57.0 Å². The van der Waals surface area contributed by atoms with Gasteiger partial charge in [-0.2, -0.15) is 0 Å². The molecule has 1 aromatic heterocycles. The zero-order chi connectivity index (χ0) is 20.2. The summed E-state index contributed by atoms with van der Waals surface area (Å²) in [5, 5.41) is 0.311. The lowest BCUT2D eigenvalue weighted by atomic mass is 9.81. The van der Waals surface area contributed by atoms with E-state index in [2.05, 4.69) is 0 Å². The van der Waals surface area contributed by atoms with Gasteiger partial charge in [-0.25, -0.2) is 0 Å². The quantitative estimate of drug-likeness (QED) is 0.523. The van der Waals surface area contributed by atoms with E-state index in [4.69, 9.17) is 9.15 Å². The molecule has 0 N–H and O–H groups in total. The van der Waals surface area contributed by atoms with Crippen LogP contribution in [0.4, 0.5) is 0 Å². The number of aryl methyl sites for hydroxylation is 1. The van der Waals surface area contributed by atoms with Gasteiger partial charge in [-0.1, -0.05) is 18.2 Å². The zero-order valence-corrected chi connectivity index (χ0v) is 16.0. The summed E-state index contributed by atoms with van der Waals surface area (Å²) >= 11 is 0. The van der Waals surface area contributed by atoms with Crippen molar-refractivity contribution in [3.63, 3.8) is 0 Å². The molecule has 0 spiro atoms. The Bertz CT molecular complexity index is 1270. The van der Waals surface area contributed by atoms with Crippen molar-refractivity contribution in [3.8, 4) is 5.75 Å². The number of ether oxygens (including phenoxy) is 1. The molecular weight excluding hydrogens is 356 g/mol. The highest BCUT2D eigenvalue weighted by Gasteiger charge is 2.35. The van der Waals surface area contributed by atoms with Gasteiger partial charge in [-0.15, -0.1) is 0 Å². The van der Waals surface area contributed by atoms with E-state index >= 15 is 0 Å². The average molecular weight is 374 g/mol. The van der Waals surface area contributed by atoms with Gasteiger partial charge in [0.1, 0.15) is 11.5 Å². The number of carbonyl (C=O) groups is 2. The van der Waals surface area contributed by atoms with E-state index in [1.165, 1.54) is 13.2 Å². The molecule has 1 aliphatic carbocycles. The van der Waals surface area contributed by atoms with Crippen molar-refractivity contribution in [3.05, 3.63) is 80.2 Å². The van der Waals surface area contributed by atoms with Gasteiger partial charge >= 0.3 is 0 Å². The molecule has 0 radical (unpaired) electrons. The molecule has 2 aromatic carbocycles. The van der Waals surface area contributed by atoms with Crippen molar-refractivity contribution in [2.24, 2.45) is 0 Å². The van der Waals surface area contributed by atoms with Crippen LogP contribution in [0.15, 0.2) is 45.6 Å². The van der Waals surface area contributed by atoms with Gasteiger partial charge in [-0.05, 0) is 44.0 Å². The fourth-order valence-electron chi connectivity index (χ4n) is 3.66. The van der Waals surface area contributed by atoms with Crippen molar-refractivity contribution in [2.75, 3.05) is 7.11 Å².